The fraction of sp³-hybridized carbons (Fsp3) is 0.357. The van der Waals surface area contributed by atoms with Crippen molar-refractivity contribution >= 4 is 34.6 Å². The van der Waals surface area contributed by atoms with Gasteiger partial charge in [-0.1, -0.05) is 23.9 Å². The van der Waals surface area contributed by atoms with Crippen molar-refractivity contribution in [1.29, 1.82) is 0 Å². The number of anilines is 1. The molecule has 1 heterocycles. The maximum Gasteiger partial charge on any atom is 0.316 e. The number of benzene rings is 1. The summed E-state index contributed by atoms with van der Waals surface area (Å²) in [6, 6.07) is 6.41. The van der Waals surface area contributed by atoms with Gasteiger partial charge in [-0.3, -0.25) is 9.59 Å². The molecule has 1 aliphatic heterocycles. The van der Waals surface area contributed by atoms with E-state index < -0.39 is 6.03 Å². The van der Waals surface area contributed by atoms with Crippen LogP contribution in [0.3, 0.4) is 0 Å². The highest BCUT2D eigenvalue weighted by Gasteiger charge is 2.21. The number of nitrogens with one attached hydrogen (secondary N) is 2. The Hall–Kier alpha value is -2.22. The van der Waals surface area contributed by atoms with Gasteiger partial charge in [-0.2, -0.15) is 0 Å². The molecule has 7 nitrogen and oxygen atoms in total. The van der Waals surface area contributed by atoms with Crippen LogP contribution in [0.4, 0.5) is 15.3 Å². The summed E-state index contributed by atoms with van der Waals surface area (Å²) in [6.45, 7) is 1.57. The number of carbonyl (C=O) groups is 3. The minimum Gasteiger partial charge on any atom is -0.352 e. The van der Waals surface area contributed by atoms with Crippen LogP contribution in [0.1, 0.15) is 12.0 Å². The lowest BCUT2D eigenvalue weighted by atomic mass is 10.2. The van der Waals surface area contributed by atoms with Crippen molar-refractivity contribution < 1.29 is 14.4 Å². The molecule has 0 aromatic heterocycles. The van der Waals surface area contributed by atoms with Crippen LogP contribution in [-0.2, 0) is 11.3 Å². The average molecular weight is 322 g/mol. The van der Waals surface area contributed by atoms with Crippen LogP contribution in [-0.4, -0.2) is 40.9 Å². The van der Waals surface area contributed by atoms with E-state index in [1.807, 2.05) is 0 Å². The lowest BCUT2D eigenvalue weighted by Crippen LogP contribution is -2.30. The number of hydrogen-bond acceptors (Lipinski definition) is 4. The van der Waals surface area contributed by atoms with E-state index in [1.54, 1.807) is 29.2 Å². The van der Waals surface area contributed by atoms with E-state index in [-0.39, 0.29) is 11.1 Å². The van der Waals surface area contributed by atoms with Crippen LogP contribution in [0, 0.1) is 0 Å². The van der Waals surface area contributed by atoms with Gasteiger partial charge >= 0.3 is 6.03 Å². The zero-order valence-corrected chi connectivity index (χ0v) is 12.8. The van der Waals surface area contributed by atoms with Crippen LogP contribution < -0.4 is 16.4 Å². The summed E-state index contributed by atoms with van der Waals surface area (Å²) in [6.07, 6.45) is 0.299. The number of nitrogens with two attached hydrogens (primary N) is 1. The molecule has 4 N–H and O–H groups in total. The summed E-state index contributed by atoms with van der Waals surface area (Å²) in [5.74, 6) is 0.704. The van der Waals surface area contributed by atoms with Crippen LogP contribution in [0.25, 0.3) is 0 Å². The Kier molecular flexibility index (Phi) is 5.65. The van der Waals surface area contributed by atoms with E-state index in [2.05, 4.69) is 10.6 Å². The smallest absolute Gasteiger partial charge is 0.316 e. The average Bonchev–Trinajstić information content (AvgIpc) is 2.89. The molecule has 0 saturated carbocycles. The Bertz CT molecular complexity index is 562. The van der Waals surface area contributed by atoms with Crippen LogP contribution >= 0.6 is 11.8 Å². The molecule has 118 valence electrons. The van der Waals surface area contributed by atoms with E-state index in [0.717, 1.165) is 11.3 Å². The summed E-state index contributed by atoms with van der Waals surface area (Å²) >= 11 is 1.29. The minimum atomic E-state index is -0.615. The third-order valence-corrected chi connectivity index (χ3v) is 4.06. The zero-order valence-electron chi connectivity index (χ0n) is 12.0. The molecule has 1 aromatic rings. The molecule has 1 saturated heterocycles. The van der Waals surface area contributed by atoms with Crippen molar-refractivity contribution in [2.24, 2.45) is 5.73 Å². The predicted octanol–water partition coefficient (Wildman–Crippen LogP) is 1.35. The number of nitrogens with zero attached hydrogens (tertiary/aromatic N) is 1. The molecule has 2 rings (SSSR count). The van der Waals surface area contributed by atoms with Crippen LogP contribution in [0.15, 0.2) is 24.3 Å². The van der Waals surface area contributed by atoms with Crippen molar-refractivity contribution in [3.05, 3.63) is 29.8 Å². The molecular formula is C14H18N4O3S. The Morgan fingerprint density at radius 3 is 2.59 bits per heavy atom. The van der Waals surface area contributed by atoms with Crippen molar-refractivity contribution in [2.75, 3.05) is 24.2 Å². The number of thioether (sulfide) groups is 1. The maximum absolute atomic E-state index is 11.8. The second-order valence-corrected chi connectivity index (χ2v) is 5.86. The van der Waals surface area contributed by atoms with Gasteiger partial charge in [-0.05, 0) is 17.7 Å². The van der Waals surface area contributed by atoms with Gasteiger partial charge in [0.15, 0.2) is 0 Å². The summed E-state index contributed by atoms with van der Waals surface area (Å²) < 4.78 is 0. The molecule has 8 heteroatoms. The number of amides is 4. The Morgan fingerprint density at radius 2 is 2.00 bits per heavy atom. The molecule has 0 radical (unpaired) electrons. The first-order chi connectivity index (χ1) is 10.5. The van der Waals surface area contributed by atoms with Crippen molar-refractivity contribution in [2.45, 2.75) is 13.0 Å². The topological polar surface area (TPSA) is 105 Å². The molecule has 1 aliphatic rings. The highest BCUT2D eigenvalue weighted by molar-refractivity contribution is 8.13. The molecule has 0 bridgehead atoms. The van der Waals surface area contributed by atoms with Gasteiger partial charge < -0.3 is 21.3 Å². The first kappa shape index (κ1) is 16.2. The lowest BCUT2D eigenvalue weighted by molar-refractivity contribution is -0.121. The molecule has 22 heavy (non-hydrogen) atoms. The molecule has 1 fully saturated rings. The number of rotatable bonds is 6. The SMILES string of the molecule is NC(=O)Nc1ccc(CNC(=O)CCN2CCSC2=O)cc1. The predicted molar refractivity (Wildman–Crippen MR) is 85.5 cm³/mol. The Balaban J connectivity index is 1.71. The molecule has 4 amide bonds. The molecule has 1 aromatic carbocycles. The van der Waals surface area contributed by atoms with E-state index >= 15 is 0 Å². The monoisotopic (exact) mass is 322 g/mol. The van der Waals surface area contributed by atoms with E-state index in [4.69, 9.17) is 5.73 Å². The largest absolute Gasteiger partial charge is 0.352 e. The van der Waals surface area contributed by atoms with E-state index in [9.17, 15) is 14.4 Å². The lowest BCUT2D eigenvalue weighted by Gasteiger charge is -2.14. The third kappa shape index (κ3) is 4.96. The number of hydrogen-bond donors (Lipinski definition) is 3. The highest BCUT2D eigenvalue weighted by Crippen LogP contribution is 2.17. The van der Waals surface area contributed by atoms with Gasteiger partial charge in [0.1, 0.15) is 0 Å². The zero-order chi connectivity index (χ0) is 15.9. The number of primary amides is 1. The molecule has 0 atom stereocenters. The van der Waals surface area contributed by atoms with Gasteiger partial charge in [0, 0.05) is 37.5 Å². The minimum absolute atomic E-state index is 0.0466. The van der Waals surface area contributed by atoms with Gasteiger partial charge in [-0.15, -0.1) is 0 Å². The van der Waals surface area contributed by atoms with Crippen molar-refractivity contribution in [3.63, 3.8) is 0 Å². The summed E-state index contributed by atoms with van der Waals surface area (Å²) in [5, 5.41) is 5.31. The normalized spacial score (nSPS) is 14.0. The summed E-state index contributed by atoms with van der Waals surface area (Å²) in [7, 11) is 0. The van der Waals surface area contributed by atoms with E-state index in [0.29, 0.717) is 31.7 Å². The fourth-order valence-corrected chi connectivity index (χ4v) is 2.85. The van der Waals surface area contributed by atoms with Crippen LogP contribution in [0.2, 0.25) is 0 Å². The molecule has 0 unspecified atom stereocenters. The Morgan fingerprint density at radius 1 is 1.27 bits per heavy atom. The molecule has 0 spiro atoms. The van der Waals surface area contributed by atoms with Gasteiger partial charge in [0.05, 0.1) is 0 Å². The number of carbonyl (C=O) groups excluding carboxylic acids is 3. The van der Waals surface area contributed by atoms with E-state index in [1.165, 1.54) is 11.8 Å². The maximum atomic E-state index is 11.8. The molecular weight excluding hydrogens is 304 g/mol. The first-order valence-electron chi connectivity index (χ1n) is 6.88. The van der Waals surface area contributed by atoms with Crippen LogP contribution in [0.5, 0.6) is 0 Å². The number of urea groups is 1. The van der Waals surface area contributed by atoms with Crippen molar-refractivity contribution in [3.8, 4) is 0 Å². The highest BCUT2D eigenvalue weighted by atomic mass is 32.2. The Labute approximate surface area is 132 Å². The van der Waals surface area contributed by atoms with Crippen molar-refractivity contribution in [1.82, 2.24) is 10.2 Å². The van der Waals surface area contributed by atoms with Gasteiger partial charge in [0.25, 0.3) is 5.24 Å². The quantitative estimate of drug-likeness (QED) is 0.735. The summed E-state index contributed by atoms with van der Waals surface area (Å²) in [5.41, 5.74) is 6.54. The van der Waals surface area contributed by atoms with Gasteiger partial charge in [-0.25, -0.2) is 4.79 Å². The second kappa shape index (κ2) is 7.69. The molecule has 0 aliphatic carbocycles. The standard InChI is InChI=1S/C14H18N4O3S/c15-13(20)17-11-3-1-10(2-4-11)9-16-12(19)5-6-18-7-8-22-14(18)21/h1-4H,5-9H2,(H,16,19)(H3,15,17,20). The third-order valence-electron chi connectivity index (χ3n) is 3.16. The summed E-state index contributed by atoms with van der Waals surface area (Å²) in [4.78, 5) is 35.5. The second-order valence-electron chi connectivity index (χ2n) is 4.81. The van der Waals surface area contributed by atoms with Gasteiger partial charge in [0.2, 0.25) is 5.91 Å². The fourth-order valence-electron chi connectivity index (χ4n) is 2.00. The first-order valence-corrected chi connectivity index (χ1v) is 7.87.